The van der Waals surface area contributed by atoms with Crippen LogP contribution in [0.2, 0.25) is 0 Å². The number of rotatable bonds is 3. The highest BCUT2D eigenvalue weighted by Gasteiger charge is 2.35. The van der Waals surface area contributed by atoms with Crippen LogP contribution >= 0.6 is 0 Å². The predicted molar refractivity (Wildman–Crippen MR) is 42.5 cm³/mol. The van der Waals surface area contributed by atoms with Gasteiger partial charge in [-0.1, -0.05) is 6.92 Å². The topological polar surface area (TPSA) is 52.6 Å². The minimum absolute atomic E-state index is 0.402. The van der Waals surface area contributed by atoms with Gasteiger partial charge in [0, 0.05) is 6.92 Å². The van der Waals surface area contributed by atoms with Crippen molar-refractivity contribution in [3.05, 3.63) is 0 Å². The number of carbonyl (C=O) groups excluding carboxylic acids is 2. The second-order valence-electron chi connectivity index (χ2n) is 2.67. The van der Waals surface area contributed by atoms with Gasteiger partial charge in [0.2, 0.25) is 5.60 Å². The summed E-state index contributed by atoms with van der Waals surface area (Å²) in [6.45, 7) is 4.54. The lowest BCUT2D eigenvalue weighted by Crippen LogP contribution is -2.40. The highest BCUT2D eigenvalue weighted by molar-refractivity contribution is 5.82. The molecule has 0 aromatic heterocycles. The molecule has 12 heavy (non-hydrogen) atoms. The Bertz CT molecular complexity index is 187. The number of carbonyl (C=O) groups is 2. The molecule has 0 N–H and O–H groups in total. The minimum atomic E-state index is -1.14. The summed E-state index contributed by atoms with van der Waals surface area (Å²) < 4.78 is 9.32. The molecule has 0 amide bonds. The molecule has 0 saturated carbocycles. The Morgan fingerprint density at radius 2 is 1.92 bits per heavy atom. The van der Waals surface area contributed by atoms with E-state index in [0.717, 1.165) is 0 Å². The summed E-state index contributed by atoms with van der Waals surface area (Å²) in [5, 5.41) is 0. The molecule has 0 radical (unpaired) electrons. The van der Waals surface area contributed by atoms with Crippen LogP contribution in [0.5, 0.6) is 0 Å². The van der Waals surface area contributed by atoms with Gasteiger partial charge in [0.15, 0.2) is 0 Å². The van der Waals surface area contributed by atoms with Crippen molar-refractivity contribution in [2.45, 2.75) is 32.8 Å². The van der Waals surface area contributed by atoms with Crippen LogP contribution in [0.15, 0.2) is 0 Å². The smallest absolute Gasteiger partial charge is 0.350 e. The Balaban J connectivity index is 4.44. The molecule has 1 atom stereocenters. The molecule has 1 unspecified atom stereocenters. The molecule has 0 aliphatic rings. The molecular formula is C8H14O4. The van der Waals surface area contributed by atoms with Crippen LogP contribution in [0.1, 0.15) is 27.2 Å². The first-order valence-corrected chi connectivity index (χ1v) is 3.74. The van der Waals surface area contributed by atoms with Crippen LogP contribution in [0.3, 0.4) is 0 Å². The summed E-state index contributed by atoms with van der Waals surface area (Å²) in [7, 11) is 1.26. The number of esters is 2. The van der Waals surface area contributed by atoms with Crippen LogP contribution in [0.25, 0.3) is 0 Å². The Morgan fingerprint density at radius 3 is 2.17 bits per heavy atom. The summed E-state index contributed by atoms with van der Waals surface area (Å²) in [5.41, 5.74) is -1.14. The second kappa shape index (κ2) is 4.09. The van der Waals surface area contributed by atoms with Crippen molar-refractivity contribution in [3.8, 4) is 0 Å². The van der Waals surface area contributed by atoms with E-state index in [9.17, 15) is 9.59 Å². The zero-order valence-electron chi connectivity index (χ0n) is 7.84. The summed E-state index contributed by atoms with van der Waals surface area (Å²) in [6.07, 6.45) is 0.402. The van der Waals surface area contributed by atoms with Gasteiger partial charge < -0.3 is 9.47 Å². The molecule has 0 aliphatic heterocycles. The Morgan fingerprint density at radius 1 is 1.42 bits per heavy atom. The van der Waals surface area contributed by atoms with Crippen molar-refractivity contribution < 1.29 is 19.1 Å². The van der Waals surface area contributed by atoms with Crippen LogP contribution in [-0.2, 0) is 19.1 Å². The molecule has 4 heteroatoms. The van der Waals surface area contributed by atoms with Crippen molar-refractivity contribution in [1.29, 1.82) is 0 Å². The maximum absolute atomic E-state index is 11.1. The second-order valence-corrected chi connectivity index (χ2v) is 2.67. The number of hydrogen-bond donors (Lipinski definition) is 0. The number of methoxy groups -OCH3 is 1. The Kier molecular flexibility index (Phi) is 3.73. The molecule has 0 rings (SSSR count). The number of ether oxygens (including phenoxy) is 2. The lowest BCUT2D eigenvalue weighted by molar-refractivity contribution is -0.177. The average molecular weight is 174 g/mol. The molecule has 0 heterocycles. The van der Waals surface area contributed by atoms with E-state index in [-0.39, 0.29) is 0 Å². The van der Waals surface area contributed by atoms with Gasteiger partial charge in [0.25, 0.3) is 0 Å². The Hall–Kier alpha value is -1.06. The van der Waals surface area contributed by atoms with Crippen LogP contribution in [-0.4, -0.2) is 24.6 Å². The molecule has 4 nitrogen and oxygen atoms in total. The lowest BCUT2D eigenvalue weighted by Gasteiger charge is -2.24. The summed E-state index contributed by atoms with van der Waals surface area (Å²) in [5.74, 6) is -1.01. The first kappa shape index (κ1) is 10.9. The third-order valence-electron chi connectivity index (χ3n) is 1.66. The van der Waals surface area contributed by atoms with Crippen LogP contribution < -0.4 is 0 Å². The maximum Gasteiger partial charge on any atom is 0.350 e. The van der Waals surface area contributed by atoms with E-state index in [1.54, 1.807) is 6.92 Å². The van der Waals surface area contributed by atoms with Gasteiger partial charge in [-0.3, -0.25) is 4.79 Å². The van der Waals surface area contributed by atoms with Gasteiger partial charge in [0.1, 0.15) is 0 Å². The zero-order chi connectivity index (χ0) is 9.78. The van der Waals surface area contributed by atoms with Gasteiger partial charge in [-0.25, -0.2) is 4.79 Å². The van der Waals surface area contributed by atoms with Crippen molar-refractivity contribution in [2.24, 2.45) is 0 Å². The van der Waals surface area contributed by atoms with E-state index < -0.39 is 17.5 Å². The van der Waals surface area contributed by atoms with Crippen molar-refractivity contribution >= 4 is 11.9 Å². The third kappa shape index (κ3) is 2.53. The van der Waals surface area contributed by atoms with Crippen molar-refractivity contribution in [1.82, 2.24) is 0 Å². The summed E-state index contributed by atoms with van der Waals surface area (Å²) >= 11 is 0. The molecular weight excluding hydrogens is 160 g/mol. The standard InChI is InChI=1S/C8H14O4/c1-5-8(3,7(10)11-4)12-6(2)9/h5H2,1-4H3. The molecule has 0 aliphatic carbocycles. The highest BCUT2D eigenvalue weighted by Crippen LogP contribution is 2.16. The quantitative estimate of drug-likeness (QED) is 0.596. The zero-order valence-corrected chi connectivity index (χ0v) is 7.84. The van der Waals surface area contributed by atoms with Gasteiger partial charge in [0.05, 0.1) is 7.11 Å². The monoisotopic (exact) mass is 174 g/mol. The fourth-order valence-corrected chi connectivity index (χ4v) is 0.791. The van der Waals surface area contributed by atoms with E-state index in [2.05, 4.69) is 4.74 Å². The van der Waals surface area contributed by atoms with Gasteiger partial charge >= 0.3 is 11.9 Å². The third-order valence-corrected chi connectivity index (χ3v) is 1.66. The highest BCUT2D eigenvalue weighted by atomic mass is 16.6. The van der Waals surface area contributed by atoms with E-state index in [0.29, 0.717) is 6.42 Å². The predicted octanol–water partition coefficient (Wildman–Crippen LogP) is 0.891. The van der Waals surface area contributed by atoms with Crippen molar-refractivity contribution in [3.63, 3.8) is 0 Å². The Labute approximate surface area is 71.8 Å². The van der Waals surface area contributed by atoms with E-state index >= 15 is 0 Å². The summed E-state index contributed by atoms with van der Waals surface area (Å²) in [6, 6.07) is 0. The molecule has 0 saturated heterocycles. The van der Waals surface area contributed by atoms with Crippen LogP contribution in [0, 0.1) is 0 Å². The van der Waals surface area contributed by atoms with Crippen molar-refractivity contribution in [2.75, 3.05) is 7.11 Å². The molecule has 70 valence electrons. The van der Waals surface area contributed by atoms with E-state index in [1.165, 1.54) is 21.0 Å². The van der Waals surface area contributed by atoms with Gasteiger partial charge in [-0.05, 0) is 13.3 Å². The largest absolute Gasteiger partial charge is 0.466 e. The normalized spacial score (nSPS) is 14.7. The summed E-state index contributed by atoms with van der Waals surface area (Å²) in [4.78, 5) is 21.7. The first-order valence-electron chi connectivity index (χ1n) is 3.74. The molecule has 0 aromatic rings. The fourth-order valence-electron chi connectivity index (χ4n) is 0.791. The minimum Gasteiger partial charge on any atom is -0.466 e. The van der Waals surface area contributed by atoms with Gasteiger partial charge in [-0.15, -0.1) is 0 Å². The number of hydrogen-bond acceptors (Lipinski definition) is 4. The molecule has 0 bridgehead atoms. The molecule has 0 fully saturated rings. The average Bonchev–Trinajstić information content (AvgIpc) is 2.01. The SMILES string of the molecule is CCC(C)(OC(C)=O)C(=O)OC. The van der Waals surface area contributed by atoms with Crippen LogP contribution in [0.4, 0.5) is 0 Å². The maximum atomic E-state index is 11.1. The molecule has 0 aromatic carbocycles. The van der Waals surface area contributed by atoms with E-state index in [4.69, 9.17) is 4.74 Å². The lowest BCUT2D eigenvalue weighted by atomic mass is 10.0. The van der Waals surface area contributed by atoms with E-state index in [1.807, 2.05) is 0 Å². The van der Waals surface area contributed by atoms with Gasteiger partial charge in [-0.2, -0.15) is 0 Å². The molecule has 0 spiro atoms. The first-order chi connectivity index (χ1) is 5.46. The fraction of sp³-hybridized carbons (Fsp3) is 0.750.